The average Bonchev–Trinajstić information content (AvgIpc) is 3.34. The number of thiazole rings is 1. The molecule has 5 rings (SSSR count). The molecule has 44 heavy (non-hydrogen) atoms. The highest BCUT2D eigenvalue weighted by atomic mass is 35.5. The zero-order chi connectivity index (χ0) is 31.2. The number of allylic oxidation sites excluding steroid dienone is 1. The van der Waals surface area contributed by atoms with E-state index >= 15 is 0 Å². The van der Waals surface area contributed by atoms with Crippen molar-refractivity contribution < 1.29 is 23.7 Å². The Morgan fingerprint density at radius 1 is 1.02 bits per heavy atom. The topological polar surface area (TPSA) is 88.4 Å². The van der Waals surface area contributed by atoms with Crippen molar-refractivity contribution in [2.24, 2.45) is 4.99 Å². The Labute approximate surface area is 264 Å². The van der Waals surface area contributed by atoms with E-state index in [0.717, 1.165) is 17.5 Å². The number of carbonyl (C=O) groups excluding carboxylic acids is 1. The number of fused-ring (bicyclic) bond motifs is 1. The lowest BCUT2D eigenvalue weighted by atomic mass is 9.93. The van der Waals surface area contributed by atoms with Crippen LogP contribution in [0, 0.1) is 0 Å². The molecule has 0 fully saturated rings. The second kappa shape index (κ2) is 14.0. The molecule has 1 aliphatic heterocycles. The third-order valence-electron chi connectivity index (χ3n) is 7.14. The molecule has 1 aromatic heterocycles. The summed E-state index contributed by atoms with van der Waals surface area (Å²) in [5.41, 5.74) is 2.89. The standard InChI is InChI=1S/C34H33ClN2O6S/c1-5-9-26-30(33(39)42-6-2)31(25-19-24(40-3)16-17-28(25)41-4)37-32(38)29(44-34(37)36-26)18-22-10-7-8-11-27(22)43-20-21-12-14-23(35)15-13-21/h7-8,10-19,31H,5-6,9,20H2,1-4H3/b29-18+/t31-/m1/s1. The minimum atomic E-state index is -0.838. The summed E-state index contributed by atoms with van der Waals surface area (Å²) in [4.78, 5) is 33.1. The predicted octanol–water partition coefficient (Wildman–Crippen LogP) is 5.83. The summed E-state index contributed by atoms with van der Waals surface area (Å²) in [6.07, 6.45) is 3.08. The van der Waals surface area contributed by atoms with E-state index in [1.165, 1.54) is 11.3 Å². The van der Waals surface area contributed by atoms with Gasteiger partial charge in [-0.1, -0.05) is 66.6 Å². The van der Waals surface area contributed by atoms with Crippen LogP contribution in [0.1, 0.15) is 49.4 Å². The van der Waals surface area contributed by atoms with Gasteiger partial charge in [0.05, 0.1) is 36.6 Å². The van der Waals surface area contributed by atoms with Gasteiger partial charge in [0, 0.05) is 16.1 Å². The van der Waals surface area contributed by atoms with Crippen molar-refractivity contribution in [1.29, 1.82) is 0 Å². The van der Waals surface area contributed by atoms with Crippen LogP contribution >= 0.6 is 22.9 Å². The van der Waals surface area contributed by atoms with Gasteiger partial charge in [-0.2, -0.15) is 0 Å². The van der Waals surface area contributed by atoms with Crippen LogP contribution in [0.2, 0.25) is 5.02 Å². The molecule has 0 saturated carbocycles. The van der Waals surface area contributed by atoms with Crippen molar-refractivity contribution in [3.8, 4) is 17.2 Å². The quantitative estimate of drug-likeness (QED) is 0.193. The third-order valence-corrected chi connectivity index (χ3v) is 8.37. The number of ether oxygens (including phenoxy) is 4. The second-order valence-electron chi connectivity index (χ2n) is 9.97. The van der Waals surface area contributed by atoms with E-state index in [0.29, 0.717) is 61.5 Å². The second-order valence-corrected chi connectivity index (χ2v) is 11.4. The molecule has 228 valence electrons. The van der Waals surface area contributed by atoms with Gasteiger partial charge in [-0.25, -0.2) is 9.79 Å². The summed E-state index contributed by atoms with van der Waals surface area (Å²) in [7, 11) is 3.12. The smallest absolute Gasteiger partial charge is 0.338 e. The number of carbonyl (C=O) groups is 1. The van der Waals surface area contributed by atoms with E-state index in [4.69, 9.17) is 35.5 Å². The van der Waals surface area contributed by atoms with Gasteiger partial charge < -0.3 is 18.9 Å². The fourth-order valence-electron chi connectivity index (χ4n) is 5.08. The lowest BCUT2D eigenvalue weighted by Crippen LogP contribution is -2.40. The molecular formula is C34H33ClN2O6S. The molecule has 10 heteroatoms. The molecule has 8 nitrogen and oxygen atoms in total. The maximum atomic E-state index is 14.3. The number of para-hydroxylation sites is 1. The Balaban J connectivity index is 1.68. The Morgan fingerprint density at radius 3 is 2.50 bits per heavy atom. The Kier molecular flexibility index (Phi) is 9.87. The van der Waals surface area contributed by atoms with Crippen LogP contribution in [0.25, 0.3) is 6.08 Å². The lowest BCUT2D eigenvalue weighted by Gasteiger charge is -2.27. The average molecular weight is 633 g/mol. The number of methoxy groups -OCH3 is 2. The maximum absolute atomic E-state index is 14.3. The summed E-state index contributed by atoms with van der Waals surface area (Å²) in [5, 5.41) is 0.655. The van der Waals surface area contributed by atoms with Gasteiger partial charge in [0.25, 0.3) is 5.56 Å². The number of hydrogen-bond donors (Lipinski definition) is 0. The third kappa shape index (κ3) is 6.44. The lowest BCUT2D eigenvalue weighted by molar-refractivity contribution is -0.139. The summed E-state index contributed by atoms with van der Waals surface area (Å²) >= 11 is 7.29. The molecule has 0 radical (unpaired) electrons. The molecule has 1 aliphatic rings. The van der Waals surface area contributed by atoms with E-state index in [2.05, 4.69) is 0 Å². The fraction of sp³-hybridized carbons (Fsp3) is 0.265. The molecule has 0 aliphatic carbocycles. The Hall–Kier alpha value is -4.34. The van der Waals surface area contributed by atoms with Crippen LogP contribution in [0.5, 0.6) is 17.2 Å². The van der Waals surface area contributed by atoms with Crippen molar-refractivity contribution in [3.63, 3.8) is 0 Å². The van der Waals surface area contributed by atoms with Crippen molar-refractivity contribution >= 4 is 35.0 Å². The number of esters is 1. The van der Waals surface area contributed by atoms with Gasteiger partial charge in [-0.15, -0.1) is 0 Å². The zero-order valence-corrected chi connectivity index (χ0v) is 26.5. The molecule has 0 spiro atoms. The van der Waals surface area contributed by atoms with E-state index in [-0.39, 0.29) is 12.2 Å². The molecular weight excluding hydrogens is 600 g/mol. The molecule has 0 bridgehead atoms. The molecule has 0 N–H and O–H groups in total. The van der Waals surface area contributed by atoms with Crippen LogP contribution < -0.4 is 29.1 Å². The number of aromatic nitrogens is 1. The van der Waals surface area contributed by atoms with E-state index in [1.807, 2.05) is 55.5 Å². The molecule has 0 saturated heterocycles. The minimum Gasteiger partial charge on any atom is -0.497 e. The van der Waals surface area contributed by atoms with Crippen molar-refractivity contribution in [2.75, 3.05) is 20.8 Å². The Bertz CT molecular complexity index is 1880. The predicted molar refractivity (Wildman–Crippen MR) is 171 cm³/mol. The van der Waals surface area contributed by atoms with Crippen molar-refractivity contribution in [1.82, 2.24) is 4.57 Å². The number of nitrogens with zero attached hydrogens (tertiary/aromatic N) is 2. The van der Waals surface area contributed by atoms with Gasteiger partial charge in [0.2, 0.25) is 0 Å². The first kappa shape index (κ1) is 31.1. The van der Waals surface area contributed by atoms with E-state index < -0.39 is 12.0 Å². The summed E-state index contributed by atoms with van der Waals surface area (Å²) in [6, 6.07) is 19.5. The number of hydrogen-bond acceptors (Lipinski definition) is 8. The van der Waals surface area contributed by atoms with Gasteiger partial charge in [0.15, 0.2) is 4.80 Å². The fourth-order valence-corrected chi connectivity index (χ4v) is 6.22. The van der Waals surface area contributed by atoms with Crippen LogP contribution in [0.3, 0.4) is 0 Å². The highest BCUT2D eigenvalue weighted by Crippen LogP contribution is 2.38. The van der Waals surface area contributed by atoms with Crippen LogP contribution in [-0.2, 0) is 16.1 Å². The Morgan fingerprint density at radius 2 is 1.80 bits per heavy atom. The van der Waals surface area contributed by atoms with Crippen LogP contribution in [-0.4, -0.2) is 31.4 Å². The van der Waals surface area contributed by atoms with Gasteiger partial charge >= 0.3 is 5.97 Å². The molecule has 4 aromatic rings. The summed E-state index contributed by atoms with van der Waals surface area (Å²) < 4.78 is 24.9. The normalized spacial score (nSPS) is 14.6. The monoisotopic (exact) mass is 632 g/mol. The van der Waals surface area contributed by atoms with Gasteiger partial charge in [0.1, 0.15) is 29.9 Å². The minimum absolute atomic E-state index is 0.181. The first-order valence-corrected chi connectivity index (χ1v) is 15.5. The van der Waals surface area contributed by atoms with E-state index in [1.54, 1.807) is 50.0 Å². The molecule has 0 amide bonds. The highest BCUT2D eigenvalue weighted by Gasteiger charge is 2.36. The summed E-state index contributed by atoms with van der Waals surface area (Å²) in [6.45, 7) is 4.28. The first-order valence-electron chi connectivity index (χ1n) is 14.3. The number of rotatable bonds is 11. The summed E-state index contributed by atoms with van der Waals surface area (Å²) in [5.74, 6) is 1.17. The van der Waals surface area contributed by atoms with Gasteiger partial charge in [-0.05, 0) is 61.4 Å². The molecule has 3 aromatic carbocycles. The van der Waals surface area contributed by atoms with Crippen LogP contribution in [0.4, 0.5) is 0 Å². The number of halogens is 1. The van der Waals surface area contributed by atoms with Crippen molar-refractivity contribution in [2.45, 2.75) is 39.3 Å². The zero-order valence-electron chi connectivity index (χ0n) is 25.0. The SMILES string of the molecule is CCCC1=C(C(=O)OCC)[C@@H](c2cc(OC)ccc2OC)n2c(s/c(=C/c3ccccc3OCc3ccc(Cl)cc3)c2=O)=N1. The number of benzene rings is 3. The molecule has 2 heterocycles. The molecule has 0 unspecified atom stereocenters. The van der Waals surface area contributed by atoms with Gasteiger partial charge in [-0.3, -0.25) is 9.36 Å². The van der Waals surface area contributed by atoms with E-state index in [9.17, 15) is 9.59 Å². The first-order chi connectivity index (χ1) is 21.4. The molecule has 1 atom stereocenters. The maximum Gasteiger partial charge on any atom is 0.338 e. The largest absolute Gasteiger partial charge is 0.497 e. The van der Waals surface area contributed by atoms with Crippen LogP contribution in [0.15, 0.2) is 87.8 Å². The highest BCUT2D eigenvalue weighted by molar-refractivity contribution is 7.07. The van der Waals surface area contributed by atoms with Crippen molar-refractivity contribution in [3.05, 3.63) is 119 Å².